The molecule has 3 nitrogen and oxygen atoms in total. The molecule has 2 aromatic carbocycles. The van der Waals surface area contributed by atoms with E-state index in [1.165, 1.54) is 0 Å². The van der Waals surface area contributed by atoms with Gasteiger partial charge < -0.3 is 10.1 Å². The minimum Gasteiger partial charge on any atom is -0.427 e. The molecular formula is C16H17NO2. The lowest BCUT2D eigenvalue weighted by Gasteiger charge is -2.07. The molecule has 0 bridgehead atoms. The predicted molar refractivity (Wildman–Crippen MR) is 76.7 cm³/mol. The number of rotatable bonds is 5. The van der Waals surface area contributed by atoms with Gasteiger partial charge in [0, 0.05) is 17.8 Å². The van der Waals surface area contributed by atoms with E-state index in [0.717, 1.165) is 17.8 Å². The third-order valence-corrected chi connectivity index (χ3v) is 2.60. The molecule has 19 heavy (non-hydrogen) atoms. The van der Waals surface area contributed by atoms with E-state index in [-0.39, 0.29) is 5.97 Å². The second-order valence-electron chi connectivity index (χ2n) is 4.24. The van der Waals surface area contributed by atoms with Crippen LogP contribution in [0.25, 0.3) is 0 Å². The number of nitrogens with one attached hydrogen (secondary N) is 1. The van der Waals surface area contributed by atoms with Gasteiger partial charge in [0.05, 0.1) is 0 Å². The first-order valence-corrected chi connectivity index (χ1v) is 6.41. The van der Waals surface area contributed by atoms with Crippen molar-refractivity contribution in [1.29, 1.82) is 0 Å². The molecule has 0 aromatic heterocycles. The van der Waals surface area contributed by atoms with Crippen molar-refractivity contribution in [2.45, 2.75) is 19.8 Å². The van der Waals surface area contributed by atoms with E-state index < -0.39 is 0 Å². The number of anilines is 2. The molecule has 0 atom stereocenters. The second-order valence-corrected chi connectivity index (χ2v) is 4.24. The first-order valence-electron chi connectivity index (χ1n) is 6.41. The summed E-state index contributed by atoms with van der Waals surface area (Å²) in [6, 6.07) is 17.3. The van der Waals surface area contributed by atoms with E-state index in [9.17, 15) is 4.79 Å². The SMILES string of the molecule is CCCC(=O)Oc1ccc(Nc2ccccc2)cc1. The monoisotopic (exact) mass is 255 g/mol. The molecule has 0 aliphatic heterocycles. The molecule has 0 saturated carbocycles. The van der Waals surface area contributed by atoms with Gasteiger partial charge in [0.1, 0.15) is 5.75 Å². The van der Waals surface area contributed by atoms with Crippen molar-refractivity contribution < 1.29 is 9.53 Å². The van der Waals surface area contributed by atoms with E-state index in [1.54, 1.807) is 12.1 Å². The van der Waals surface area contributed by atoms with E-state index in [0.29, 0.717) is 12.2 Å². The fourth-order valence-corrected chi connectivity index (χ4v) is 1.68. The van der Waals surface area contributed by atoms with E-state index in [2.05, 4.69) is 5.32 Å². The summed E-state index contributed by atoms with van der Waals surface area (Å²) >= 11 is 0. The lowest BCUT2D eigenvalue weighted by molar-refractivity contribution is -0.134. The second kappa shape index (κ2) is 6.59. The maximum Gasteiger partial charge on any atom is 0.311 e. The molecule has 0 amide bonds. The highest BCUT2D eigenvalue weighted by Crippen LogP contribution is 2.20. The van der Waals surface area contributed by atoms with Crippen LogP contribution in [-0.4, -0.2) is 5.97 Å². The summed E-state index contributed by atoms with van der Waals surface area (Å²) in [5, 5.41) is 3.27. The zero-order chi connectivity index (χ0) is 13.5. The summed E-state index contributed by atoms with van der Waals surface area (Å²) < 4.78 is 5.19. The Balaban J connectivity index is 1.97. The Morgan fingerprint density at radius 3 is 2.26 bits per heavy atom. The van der Waals surface area contributed by atoms with Crippen molar-refractivity contribution >= 4 is 17.3 Å². The lowest BCUT2D eigenvalue weighted by Crippen LogP contribution is -2.06. The Labute approximate surface area is 113 Å². The van der Waals surface area contributed by atoms with Crippen molar-refractivity contribution in [3.63, 3.8) is 0 Å². The number of hydrogen-bond donors (Lipinski definition) is 1. The highest BCUT2D eigenvalue weighted by atomic mass is 16.5. The molecule has 98 valence electrons. The smallest absolute Gasteiger partial charge is 0.311 e. The molecule has 0 aliphatic rings. The fraction of sp³-hybridized carbons (Fsp3) is 0.188. The van der Waals surface area contributed by atoms with Crippen molar-refractivity contribution in [3.8, 4) is 5.75 Å². The number of carbonyl (C=O) groups excluding carboxylic acids is 1. The Hall–Kier alpha value is -2.29. The first kappa shape index (κ1) is 13.1. The fourth-order valence-electron chi connectivity index (χ4n) is 1.68. The number of hydrogen-bond acceptors (Lipinski definition) is 3. The van der Waals surface area contributed by atoms with Gasteiger partial charge >= 0.3 is 5.97 Å². The van der Waals surface area contributed by atoms with Gasteiger partial charge in [0.25, 0.3) is 0 Å². The highest BCUT2D eigenvalue weighted by molar-refractivity contribution is 5.72. The van der Waals surface area contributed by atoms with Crippen LogP contribution in [0.1, 0.15) is 19.8 Å². The number of carbonyl (C=O) groups is 1. The molecular weight excluding hydrogens is 238 g/mol. The van der Waals surface area contributed by atoms with Crippen LogP contribution in [0, 0.1) is 0 Å². The van der Waals surface area contributed by atoms with Crippen LogP contribution in [0.15, 0.2) is 54.6 Å². The van der Waals surface area contributed by atoms with Gasteiger partial charge in [-0.15, -0.1) is 0 Å². The van der Waals surface area contributed by atoms with E-state index >= 15 is 0 Å². The van der Waals surface area contributed by atoms with Crippen molar-refractivity contribution in [2.75, 3.05) is 5.32 Å². The minimum absolute atomic E-state index is 0.189. The Morgan fingerprint density at radius 2 is 1.63 bits per heavy atom. The lowest BCUT2D eigenvalue weighted by atomic mass is 10.2. The van der Waals surface area contributed by atoms with Crippen LogP contribution in [-0.2, 0) is 4.79 Å². The van der Waals surface area contributed by atoms with E-state index in [4.69, 9.17) is 4.74 Å². The van der Waals surface area contributed by atoms with Crippen LogP contribution >= 0.6 is 0 Å². The van der Waals surface area contributed by atoms with Gasteiger partial charge in [-0.1, -0.05) is 25.1 Å². The van der Waals surface area contributed by atoms with Crippen LogP contribution in [0.4, 0.5) is 11.4 Å². The van der Waals surface area contributed by atoms with Crippen LogP contribution in [0.5, 0.6) is 5.75 Å². The topological polar surface area (TPSA) is 38.3 Å². The van der Waals surface area contributed by atoms with Crippen LogP contribution in [0.3, 0.4) is 0 Å². The third kappa shape index (κ3) is 4.14. The van der Waals surface area contributed by atoms with Gasteiger partial charge in [-0.2, -0.15) is 0 Å². The molecule has 0 saturated heterocycles. The summed E-state index contributed by atoms with van der Waals surface area (Å²) in [4.78, 5) is 11.4. The average molecular weight is 255 g/mol. The van der Waals surface area contributed by atoms with Crippen LogP contribution in [0.2, 0.25) is 0 Å². The zero-order valence-electron chi connectivity index (χ0n) is 10.9. The first-order chi connectivity index (χ1) is 9.28. The van der Waals surface area contributed by atoms with Crippen molar-refractivity contribution in [2.24, 2.45) is 0 Å². The minimum atomic E-state index is -0.189. The highest BCUT2D eigenvalue weighted by Gasteiger charge is 2.03. The molecule has 3 heteroatoms. The van der Waals surface area contributed by atoms with Gasteiger partial charge in [0.2, 0.25) is 0 Å². The van der Waals surface area contributed by atoms with E-state index in [1.807, 2.05) is 49.4 Å². The number of para-hydroxylation sites is 1. The molecule has 0 heterocycles. The predicted octanol–water partition coefficient (Wildman–Crippen LogP) is 4.14. The molecule has 2 aromatic rings. The number of benzene rings is 2. The normalized spacial score (nSPS) is 9.95. The average Bonchev–Trinajstić information content (AvgIpc) is 2.42. The largest absolute Gasteiger partial charge is 0.427 e. The summed E-state index contributed by atoms with van der Waals surface area (Å²) in [6.07, 6.45) is 1.25. The molecule has 0 spiro atoms. The molecule has 0 aliphatic carbocycles. The van der Waals surface area contributed by atoms with Gasteiger partial charge in [-0.25, -0.2) is 0 Å². The van der Waals surface area contributed by atoms with Gasteiger partial charge in [-0.3, -0.25) is 4.79 Å². The Kier molecular flexibility index (Phi) is 4.56. The maximum atomic E-state index is 11.4. The zero-order valence-corrected chi connectivity index (χ0v) is 10.9. The summed E-state index contributed by atoms with van der Waals surface area (Å²) in [5.74, 6) is 0.392. The quantitative estimate of drug-likeness (QED) is 0.644. The summed E-state index contributed by atoms with van der Waals surface area (Å²) in [5.41, 5.74) is 1.99. The number of esters is 1. The molecule has 0 unspecified atom stereocenters. The third-order valence-electron chi connectivity index (χ3n) is 2.60. The Bertz CT molecular complexity index is 520. The molecule has 2 rings (SSSR count). The standard InChI is InChI=1S/C16H17NO2/c1-2-6-16(18)19-15-11-9-14(10-12-15)17-13-7-4-3-5-8-13/h3-5,7-12,17H,2,6H2,1H3. The van der Waals surface area contributed by atoms with Crippen molar-refractivity contribution in [1.82, 2.24) is 0 Å². The molecule has 1 N–H and O–H groups in total. The Morgan fingerprint density at radius 1 is 1.00 bits per heavy atom. The maximum absolute atomic E-state index is 11.4. The van der Waals surface area contributed by atoms with Gasteiger partial charge in [-0.05, 0) is 42.8 Å². The number of ether oxygens (including phenoxy) is 1. The molecule has 0 fully saturated rings. The van der Waals surface area contributed by atoms with Gasteiger partial charge in [0.15, 0.2) is 0 Å². The summed E-state index contributed by atoms with van der Waals surface area (Å²) in [6.45, 7) is 1.95. The molecule has 0 radical (unpaired) electrons. The van der Waals surface area contributed by atoms with Crippen molar-refractivity contribution in [3.05, 3.63) is 54.6 Å². The van der Waals surface area contributed by atoms with Crippen LogP contribution < -0.4 is 10.1 Å². The summed E-state index contributed by atoms with van der Waals surface area (Å²) in [7, 11) is 0.